The molecule has 0 atom stereocenters. The molecule has 0 unspecified atom stereocenters. The average Bonchev–Trinajstić information content (AvgIpc) is 2.20. The van der Waals surface area contributed by atoms with Gasteiger partial charge in [0.1, 0.15) is 5.82 Å². The van der Waals surface area contributed by atoms with Crippen LogP contribution >= 0.6 is 28.3 Å². The number of benzene rings is 1. The molecule has 1 aromatic rings. The Labute approximate surface area is 108 Å². The maximum absolute atomic E-state index is 12.9. The summed E-state index contributed by atoms with van der Waals surface area (Å²) in [4.78, 5) is 11.3. The minimum atomic E-state index is -0.344. The molecule has 0 aliphatic carbocycles. The van der Waals surface area contributed by atoms with Gasteiger partial charge in [-0.15, -0.1) is 12.4 Å². The summed E-state index contributed by atoms with van der Waals surface area (Å²) >= 11 is 3.05. The summed E-state index contributed by atoms with van der Waals surface area (Å²) in [5.41, 5.74) is 0.587. The molecule has 2 N–H and O–H groups in total. The number of halogens is 3. The van der Waals surface area contributed by atoms with Crippen molar-refractivity contribution in [2.24, 2.45) is 0 Å². The van der Waals surface area contributed by atoms with Gasteiger partial charge in [-0.3, -0.25) is 4.79 Å². The summed E-state index contributed by atoms with van der Waals surface area (Å²) in [7, 11) is 1.78. The van der Waals surface area contributed by atoms with E-state index in [0.29, 0.717) is 23.1 Å². The Balaban J connectivity index is 0.00000225. The molecule has 1 rings (SSSR count). The fourth-order valence-corrected chi connectivity index (χ4v) is 1.41. The van der Waals surface area contributed by atoms with E-state index < -0.39 is 0 Å². The molecule has 0 fully saturated rings. The first-order valence-corrected chi connectivity index (χ1v) is 5.32. The van der Waals surface area contributed by atoms with Crippen LogP contribution in [0.4, 0.5) is 10.1 Å². The Morgan fingerprint density at radius 1 is 1.50 bits per heavy atom. The van der Waals surface area contributed by atoms with E-state index in [-0.39, 0.29) is 24.1 Å². The third-order valence-corrected chi connectivity index (χ3v) is 2.41. The van der Waals surface area contributed by atoms with Crippen LogP contribution < -0.4 is 10.6 Å². The van der Waals surface area contributed by atoms with Crippen LogP contribution in [0.2, 0.25) is 0 Å². The van der Waals surface area contributed by atoms with Crippen molar-refractivity contribution in [1.82, 2.24) is 5.32 Å². The van der Waals surface area contributed by atoms with Gasteiger partial charge in [-0.25, -0.2) is 4.39 Å². The number of rotatable bonds is 4. The van der Waals surface area contributed by atoms with Crippen molar-refractivity contribution in [3.63, 3.8) is 0 Å². The van der Waals surface area contributed by atoms with Crippen molar-refractivity contribution in [2.45, 2.75) is 6.42 Å². The lowest BCUT2D eigenvalue weighted by molar-refractivity contribution is -0.116. The van der Waals surface area contributed by atoms with Crippen molar-refractivity contribution in [3.8, 4) is 0 Å². The van der Waals surface area contributed by atoms with E-state index in [1.807, 2.05) is 0 Å². The second-order valence-electron chi connectivity index (χ2n) is 3.03. The van der Waals surface area contributed by atoms with Gasteiger partial charge in [0.2, 0.25) is 5.91 Å². The monoisotopic (exact) mass is 310 g/mol. The van der Waals surface area contributed by atoms with Gasteiger partial charge in [0.15, 0.2) is 0 Å². The lowest BCUT2D eigenvalue weighted by atomic mass is 10.3. The maximum atomic E-state index is 12.9. The number of anilines is 1. The normalized spacial score (nSPS) is 9.44. The molecule has 0 spiro atoms. The Hall–Kier alpha value is -0.650. The van der Waals surface area contributed by atoms with Crippen LogP contribution in [0.3, 0.4) is 0 Å². The highest BCUT2D eigenvalue weighted by Gasteiger charge is 2.04. The quantitative estimate of drug-likeness (QED) is 0.897. The minimum Gasteiger partial charge on any atom is -0.326 e. The molecule has 6 heteroatoms. The first-order chi connectivity index (χ1) is 7.13. The standard InChI is InChI=1S/C10H12BrFN2O.ClH/c1-13-5-4-10(15)14-7-2-3-9(12)8(11)6-7;/h2-3,6,13H,4-5H2,1H3,(H,14,15);1H. The Bertz CT molecular complexity index is 363. The van der Waals surface area contributed by atoms with E-state index in [9.17, 15) is 9.18 Å². The third-order valence-electron chi connectivity index (χ3n) is 1.81. The molecule has 3 nitrogen and oxygen atoms in total. The van der Waals surface area contributed by atoms with Gasteiger partial charge < -0.3 is 10.6 Å². The zero-order valence-electron chi connectivity index (χ0n) is 8.72. The summed E-state index contributed by atoms with van der Waals surface area (Å²) in [6.45, 7) is 0.619. The fourth-order valence-electron chi connectivity index (χ4n) is 1.04. The number of hydrogen-bond donors (Lipinski definition) is 2. The van der Waals surface area contributed by atoms with E-state index >= 15 is 0 Å². The van der Waals surface area contributed by atoms with Crippen LogP contribution in [0.25, 0.3) is 0 Å². The molecule has 0 aromatic heterocycles. The second kappa shape index (κ2) is 7.60. The van der Waals surface area contributed by atoms with Crippen LogP contribution in [-0.4, -0.2) is 19.5 Å². The number of carbonyl (C=O) groups excluding carboxylic acids is 1. The second-order valence-corrected chi connectivity index (χ2v) is 3.88. The van der Waals surface area contributed by atoms with Crippen LogP contribution in [-0.2, 0) is 4.79 Å². The molecule has 16 heavy (non-hydrogen) atoms. The van der Waals surface area contributed by atoms with Crippen LogP contribution in [0.5, 0.6) is 0 Å². The molecular weight excluding hydrogens is 298 g/mol. The SMILES string of the molecule is CNCCC(=O)Nc1ccc(F)c(Br)c1.Cl. The zero-order valence-corrected chi connectivity index (χ0v) is 11.1. The third kappa shape index (κ3) is 4.92. The first kappa shape index (κ1) is 15.3. The number of nitrogens with one attached hydrogen (secondary N) is 2. The topological polar surface area (TPSA) is 41.1 Å². The largest absolute Gasteiger partial charge is 0.326 e. The van der Waals surface area contributed by atoms with E-state index in [1.165, 1.54) is 18.2 Å². The van der Waals surface area contributed by atoms with Gasteiger partial charge in [0, 0.05) is 18.7 Å². The lowest BCUT2D eigenvalue weighted by Gasteiger charge is -2.05. The highest BCUT2D eigenvalue weighted by Crippen LogP contribution is 2.19. The number of hydrogen-bond acceptors (Lipinski definition) is 2. The molecule has 0 aliphatic heterocycles. The van der Waals surface area contributed by atoms with Crippen molar-refractivity contribution in [3.05, 3.63) is 28.5 Å². The highest BCUT2D eigenvalue weighted by molar-refractivity contribution is 9.10. The van der Waals surface area contributed by atoms with E-state index in [1.54, 1.807) is 7.05 Å². The van der Waals surface area contributed by atoms with Crippen molar-refractivity contribution in [2.75, 3.05) is 18.9 Å². The Morgan fingerprint density at radius 2 is 2.19 bits per heavy atom. The van der Waals surface area contributed by atoms with Gasteiger partial charge in [-0.05, 0) is 41.2 Å². The molecular formula is C10H13BrClFN2O. The minimum absolute atomic E-state index is 0. The summed E-state index contributed by atoms with van der Waals surface area (Å²) < 4.78 is 13.2. The van der Waals surface area contributed by atoms with Crippen molar-refractivity contribution >= 4 is 39.9 Å². The molecule has 0 radical (unpaired) electrons. The summed E-state index contributed by atoms with van der Waals surface area (Å²) in [5, 5.41) is 5.54. The predicted octanol–water partition coefficient (Wildman–Crippen LogP) is 2.56. The van der Waals surface area contributed by atoms with Gasteiger partial charge in [0.05, 0.1) is 4.47 Å². The predicted molar refractivity (Wildman–Crippen MR) is 68.5 cm³/mol. The summed E-state index contributed by atoms with van der Waals surface area (Å²) in [6, 6.07) is 4.36. The van der Waals surface area contributed by atoms with Gasteiger partial charge in [-0.2, -0.15) is 0 Å². The highest BCUT2D eigenvalue weighted by atomic mass is 79.9. The zero-order chi connectivity index (χ0) is 11.3. The van der Waals surface area contributed by atoms with E-state index in [4.69, 9.17) is 0 Å². The van der Waals surface area contributed by atoms with Crippen LogP contribution in [0.1, 0.15) is 6.42 Å². The molecule has 1 aromatic carbocycles. The number of carbonyl (C=O) groups is 1. The van der Waals surface area contributed by atoms with Crippen LogP contribution in [0, 0.1) is 5.82 Å². The molecule has 0 bridgehead atoms. The van der Waals surface area contributed by atoms with E-state index in [2.05, 4.69) is 26.6 Å². The molecule has 0 saturated heterocycles. The summed E-state index contributed by atoms with van der Waals surface area (Å²) in [6.07, 6.45) is 0.394. The smallest absolute Gasteiger partial charge is 0.225 e. The Morgan fingerprint density at radius 3 is 2.75 bits per heavy atom. The van der Waals surface area contributed by atoms with Gasteiger partial charge in [0.25, 0.3) is 0 Å². The first-order valence-electron chi connectivity index (χ1n) is 4.53. The number of amides is 1. The fraction of sp³-hybridized carbons (Fsp3) is 0.300. The maximum Gasteiger partial charge on any atom is 0.225 e. The lowest BCUT2D eigenvalue weighted by Crippen LogP contribution is -2.18. The summed E-state index contributed by atoms with van der Waals surface area (Å²) in [5.74, 6) is -0.439. The molecule has 1 amide bonds. The molecule has 0 aliphatic rings. The van der Waals surface area contributed by atoms with Crippen LogP contribution in [0.15, 0.2) is 22.7 Å². The molecule has 0 heterocycles. The van der Waals surface area contributed by atoms with E-state index in [0.717, 1.165) is 0 Å². The molecule has 90 valence electrons. The Kier molecular flexibility index (Phi) is 7.29. The van der Waals surface area contributed by atoms with Gasteiger partial charge in [-0.1, -0.05) is 0 Å². The average molecular weight is 312 g/mol. The van der Waals surface area contributed by atoms with Crippen molar-refractivity contribution < 1.29 is 9.18 Å². The molecule has 0 saturated carbocycles. The van der Waals surface area contributed by atoms with Crippen molar-refractivity contribution in [1.29, 1.82) is 0 Å². The van der Waals surface area contributed by atoms with Gasteiger partial charge >= 0.3 is 0 Å².